The van der Waals surface area contributed by atoms with Crippen molar-refractivity contribution in [1.82, 2.24) is 0 Å². The maximum absolute atomic E-state index is 10.2. The number of methoxy groups -OCH3 is 1. The van der Waals surface area contributed by atoms with E-state index >= 15 is 0 Å². The van der Waals surface area contributed by atoms with Gasteiger partial charge in [-0.25, -0.2) is 0 Å². The van der Waals surface area contributed by atoms with Gasteiger partial charge in [-0.3, -0.25) is 0 Å². The first-order valence-corrected chi connectivity index (χ1v) is 5.72. The van der Waals surface area contributed by atoms with Gasteiger partial charge in [0.15, 0.2) is 11.5 Å². The molecule has 1 fully saturated rings. The zero-order valence-electron chi connectivity index (χ0n) is 9.42. The normalized spacial score (nSPS) is 17.0. The minimum Gasteiger partial charge on any atom is -0.493 e. The van der Waals surface area contributed by atoms with Gasteiger partial charge in [0.25, 0.3) is 0 Å². The lowest BCUT2D eigenvalue weighted by Gasteiger charge is -2.18. The second kappa shape index (κ2) is 4.15. The standard InChI is InChI=1S/C12H15ClO3/c1-3-16-11-9(15-2)5-4-8(13)10(11)12(14)6-7-12/h4-5,14H,3,6-7H2,1-2H3. The zero-order chi connectivity index (χ0) is 11.8. The van der Waals surface area contributed by atoms with Crippen LogP contribution in [0.5, 0.6) is 11.5 Å². The Balaban J connectivity index is 2.54. The molecule has 0 unspecified atom stereocenters. The van der Waals surface area contributed by atoms with Crippen LogP contribution < -0.4 is 9.47 Å². The van der Waals surface area contributed by atoms with Crippen LogP contribution in [0.2, 0.25) is 5.02 Å². The van der Waals surface area contributed by atoms with Gasteiger partial charge in [0, 0.05) is 5.56 Å². The van der Waals surface area contributed by atoms with E-state index in [1.54, 1.807) is 19.2 Å². The zero-order valence-corrected chi connectivity index (χ0v) is 10.2. The first kappa shape index (κ1) is 11.6. The van der Waals surface area contributed by atoms with Gasteiger partial charge in [0.05, 0.1) is 24.3 Å². The van der Waals surface area contributed by atoms with Crippen LogP contribution in [0.4, 0.5) is 0 Å². The Kier molecular flexibility index (Phi) is 3.00. The molecule has 1 aromatic rings. The Morgan fingerprint density at radius 2 is 2.12 bits per heavy atom. The number of rotatable bonds is 4. The molecule has 1 saturated carbocycles. The molecule has 2 rings (SSSR count). The first-order valence-electron chi connectivity index (χ1n) is 5.34. The molecular weight excluding hydrogens is 228 g/mol. The molecule has 0 amide bonds. The van der Waals surface area contributed by atoms with Crippen LogP contribution in [0.15, 0.2) is 12.1 Å². The van der Waals surface area contributed by atoms with Crippen LogP contribution in [0.1, 0.15) is 25.3 Å². The Morgan fingerprint density at radius 3 is 2.62 bits per heavy atom. The summed E-state index contributed by atoms with van der Waals surface area (Å²) in [5, 5.41) is 10.7. The highest BCUT2D eigenvalue weighted by molar-refractivity contribution is 6.31. The fraction of sp³-hybridized carbons (Fsp3) is 0.500. The van der Waals surface area contributed by atoms with Crippen LogP contribution in [0.25, 0.3) is 0 Å². The lowest BCUT2D eigenvalue weighted by Crippen LogP contribution is -2.10. The third kappa shape index (κ3) is 1.85. The summed E-state index contributed by atoms with van der Waals surface area (Å²) in [6, 6.07) is 3.48. The number of halogens is 1. The highest BCUT2D eigenvalue weighted by Gasteiger charge is 2.46. The number of hydrogen-bond donors (Lipinski definition) is 1. The number of hydrogen-bond acceptors (Lipinski definition) is 3. The maximum atomic E-state index is 10.2. The Morgan fingerprint density at radius 1 is 1.44 bits per heavy atom. The molecule has 0 aliphatic heterocycles. The van der Waals surface area contributed by atoms with Crippen molar-refractivity contribution < 1.29 is 14.6 Å². The molecule has 16 heavy (non-hydrogen) atoms. The second-order valence-corrected chi connectivity index (χ2v) is 4.33. The number of ether oxygens (including phenoxy) is 2. The Labute approximate surface area is 99.9 Å². The van der Waals surface area contributed by atoms with E-state index in [-0.39, 0.29) is 0 Å². The predicted molar refractivity (Wildman–Crippen MR) is 62.3 cm³/mol. The summed E-state index contributed by atoms with van der Waals surface area (Å²) in [5.41, 5.74) is -0.161. The average Bonchev–Trinajstić information content (AvgIpc) is 2.98. The van der Waals surface area contributed by atoms with Crippen LogP contribution in [-0.2, 0) is 5.60 Å². The fourth-order valence-electron chi connectivity index (χ4n) is 1.79. The largest absolute Gasteiger partial charge is 0.493 e. The van der Waals surface area contributed by atoms with Gasteiger partial charge in [-0.2, -0.15) is 0 Å². The van der Waals surface area contributed by atoms with Gasteiger partial charge in [0.1, 0.15) is 0 Å². The molecule has 1 aliphatic carbocycles. The molecule has 1 aromatic carbocycles. The molecule has 0 atom stereocenters. The predicted octanol–water partition coefficient (Wildman–Crippen LogP) is 2.73. The van der Waals surface area contributed by atoms with E-state index in [4.69, 9.17) is 21.1 Å². The first-order chi connectivity index (χ1) is 7.62. The molecule has 0 bridgehead atoms. The van der Waals surface area contributed by atoms with Crippen molar-refractivity contribution in [2.75, 3.05) is 13.7 Å². The van der Waals surface area contributed by atoms with E-state index in [2.05, 4.69) is 0 Å². The Hall–Kier alpha value is -0.930. The number of benzene rings is 1. The van der Waals surface area contributed by atoms with E-state index in [9.17, 15) is 5.11 Å². The van der Waals surface area contributed by atoms with Crippen molar-refractivity contribution in [3.8, 4) is 11.5 Å². The monoisotopic (exact) mass is 242 g/mol. The van der Waals surface area contributed by atoms with Gasteiger partial charge in [-0.1, -0.05) is 11.6 Å². The number of aliphatic hydroxyl groups is 1. The maximum Gasteiger partial charge on any atom is 0.168 e. The summed E-state index contributed by atoms with van der Waals surface area (Å²) in [6.07, 6.45) is 1.44. The SMILES string of the molecule is CCOc1c(OC)ccc(Cl)c1C1(O)CC1. The van der Waals surface area contributed by atoms with Crippen molar-refractivity contribution >= 4 is 11.6 Å². The van der Waals surface area contributed by atoms with Crippen LogP contribution in [-0.4, -0.2) is 18.8 Å². The van der Waals surface area contributed by atoms with Gasteiger partial charge in [-0.15, -0.1) is 0 Å². The Bertz CT molecular complexity index is 399. The van der Waals surface area contributed by atoms with Gasteiger partial charge in [-0.05, 0) is 31.9 Å². The third-order valence-electron chi connectivity index (χ3n) is 2.77. The molecule has 1 aliphatic rings. The van der Waals surface area contributed by atoms with E-state index in [0.29, 0.717) is 28.7 Å². The summed E-state index contributed by atoms with van der Waals surface area (Å²) >= 11 is 6.12. The van der Waals surface area contributed by atoms with Crippen molar-refractivity contribution in [3.63, 3.8) is 0 Å². The lowest BCUT2D eigenvalue weighted by molar-refractivity contribution is 0.145. The highest BCUT2D eigenvalue weighted by Crippen LogP contribution is 2.53. The minimum absolute atomic E-state index is 0.514. The lowest BCUT2D eigenvalue weighted by atomic mass is 10.1. The summed E-state index contributed by atoms with van der Waals surface area (Å²) < 4.78 is 10.8. The van der Waals surface area contributed by atoms with E-state index in [1.165, 1.54) is 0 Å². The van der Waals surface area contributed by atoms with Crippen molar-refractivity contribution in [3.05, 3.63) is 22.7 Å². The smallest absolute Gasteiger partial charge is 0.168 e. The summed E-state index contributed by atoms with van der Waals surface area (Å²) in [7, 11) is 1.58. The molecule has 88 valence electrons. The van der Waals surface area contributed by atoms with Gasteiger partial charge < -0.3 is 14.6 Å². The molecule has 0 heterocycles. The molecule has 0 spiro atoms. The summed E-state index contributed by atoms with van der Waals surface area (Å²) in [4.78, 5) is 0. The van der Waals surface area contributed by atoms with Crippen LogP contribution in [0, 0.1) is 0 Å². The van der Waals surface area contributed by atoms with E-state index in [0.717, 1.165) is 12.8 Å². The van der Waals surface area contributed by atoms with E-state index in [1.807, 2.05) is 6.92 Å². The summed E-state index contributed by atoms with van der Waals surface area (Å²) in [6.45, 7) is 2.40. The quantitative estimate of drug-likeness (QED) is 0.882. The van der Waals surface area contributed by atoms with Gasteiger partial charge in [0.2, 0.25) is 0 Å². The molecule has 4 heteroatoms. The topological polar surface area (TPSA) is 38.7 Å². The minimum atomic E-state index is -0.823. The van der Waals surface area contributed by atoms with Crippen LogP contribution in [0.3, 0.4) is 0 Å². The van der Waals surface area contributed by atoms with Crippen LogP contribution >= 0.6 is 11.6 Å². The molecular formula is C12H15ClO3. The molecule has 0 radical (unpaired) electrons. The molecule has 0 aromatic heterocycles. The van der Waals surface area contributed by atoms with E-state index < -0.39 is 5.60 Å². The third-order valence-corrected chi connectivity index (χ3v) is 3.08. The van der Waals surface area contributed by atoms with Crippen molar-refractivity contribution in [2.24, 2.45) is 0 Å². The molecule has 3 nitrogen and oxygen atoms in total. The highest BCUT2D eigenvalue weighted by atomic mass is 35.5. The average molecular weight is 243 g/mol. The fourth-order valence-corrected chi connectivity index (χ4v) is 2.11. The van der Waals surface area contributed by atoms with Gasteiger partial charge >= 0.3 is 0 Å². The van der Waals surface area contributed by atoms with Crippen molar-refractivity contribution in [2.45, 2.75) is 25.4 Å². The molecule has 0 saturated heterocycles. The summed E-state index contributed by atoms with van der Waals surface area (Å²) in [5.74, 6) is 1.18. The van der Waals surface area contributed by atoms with Crippen molar-refractivity contribution in [1.29, 1.82) is 0 Å². The second-order valence-electron chi connectivity index (χ2n) is 3.92. The molecule has 1 N–H and O–H groups in total.